The molecule has 0 saturated carbocycles. The molecule has 0 radical (unpaired) electrons. The van der Waals surface area contributed by atoms with Crippen LogP contribution in [0.4, 0.5) is 0 Å². The van der Waals surface area contributed by atoms with E-state index in [9.17, 15) is 20.4 Å². The molecule has 0 aliphatic carbocycles. The van der Waals surface area contributed by atoms with Gasteiger partial charge in [0.25, 0.3) is 0 Å². The topological polar surface area (TPSA) is 80.9 Å². The lowest BCUT2D eigenvalue weighted by Crippen LogP contribution is -2.27. The summed E-state index contributed by atoms with van der Waals surface area (Å²) < 4.78 is 0. The van der Waals surface area contributed by atoms with Gasteiger partial charge in [-0.3, -0.25) is 0 Å². The molecule has 0 amide bonds. The first-order valence-corrected chi connectivity index (χ1v) is 10.1. The van der Waals surface area contributed by atoms with Crippen LogP contribution in [0.25, 0.3) is 0 Å². The van der Waals surface area contributed by atoms with Gasteiger partial charge < -0.3 is 20.4 Å². The molecular formula is C23H24O4S. The van der Waals surface area contributed by atoms with Crippen molar-refractivity contribution in [3.05, 3.63) is 95.6 Å². The number of aromatic hydroxyl groups is 1. The lowest BCUT2D eigenvalue weighted by Gasteiger charge is -2.28. The normalized spacial score (nSPS) is 14.4. The van der Waals surface area contributed by atoms with E-state index >= 15 is 0 Å². The van der Waals surface area contributed by atoms with E-state index in [-0.39, 0.29) is 12.4 Å². The van der Waals surface area contributed by atoms with E-state index in [1.165, 1.54) is 11.8 Å². The highest BCUT2D eigenvalue weighted by atomic mass is 32.2. The monoisotopic (exact) mass is 396 g/mol. The Hall–Kier alpha value is -2.31. The Morgan fingerprint density at radius 3 is 2.00 bits per heavy atom. The molecule has 5 heteroatoms. The van der Waals surface area contributed by atoms with Crippen molar-refractivity contribution in [2.75, 3.05) is 5.75 Å². The number of thioether (sulfide) groups is 1. The average molecular weight is 397 g/mol. The summed E-state index contributed by atoms with van der Waals surface area (Å²) in [4.78, 5) is 0.936. The number of phenols is 1. The lowest BCUT2D eigenvalue weighted by molar-refractivity contribution is 0.0642. The first-order chi connectivity index (χ1) is 13.6. The van der Waals surface area contributed by atoms with Crippen molar-refractivity contribution in [1.82, 2.24) is 0 Å². The molecule has 0 heterocycles. The van der Waals surface area contributed by atoms with Gasteiger partial charge in [0.2, 0.25) is 0 Å². The molecule has 0 fully saturated rings. The van der Waals surface area contributed by atoms with Gasteiger partial charge in [-0.15, -0.1) is 11.8 Å². The van der Waals surface area contributed by atoms with Gasteiger partial charge in [0.1, 0.15) is 5.75 Å². The maximum absolute atomic E-state index is 11.0. The van der Waals surface area contributed by atoms with E-state index in [1.54, 1.807) is 48.5 Å². The number of aliphatic hydroxyl groups is 3. The van der Waals surface area contributed by atoms with Crippen LogP contribution in [-0.2, 0) is 6.61 Å². The summed E-state index contributed by atoms with van der Waals surface area (Å²) in [5.74, 6) is 0.107. The number of hydrogen-bond donors (Lipinski definition) is 4. The van der Waals surface area contributed by atoms with Crippen LogP contribution in [0.3, 0.4) is 0 Å². The number of aliphatic hydroxyl groups excluding tert-OH is 3. The Bertz CT molecular complexity index is 850. The second-order valence-electron chi connectivity index (χ2n) is 6.65. The van der Waals surface area contributed by atoms with Crippen molar-refractivity contribution < 1.29 is 20.4 Å². The summed E-state index contributed by atoms with van der Waals surface area (Å²) >= 11 is 1.47. The van der Waals surface area contributed by atoms with Crippen molar-refractivity contribution in [1.29, 1.82) is 0 Å². The lowest BCUT2D eigenvalue weighted by atomic mass is 9.85. The zero-order chi connectivity index (χ0) is 19.9. The highest BCUT2D eigenvalue weighted by Gasteiger charge is 2.29. The van der Waals surface area contributed by atoms with Crippen LogP contribution in [0.5, 0.6) is 5.75 Å². The van der Waals surface area contributed by atoms with E-state index < -0.39 is 18.1 Å². The number of hydrogen-bond acceptors (Lipinski definition) is 5. The molecule has 4 N–H and O–H groups in total. The van der Waals surface area contributed by atoms with Crippen LogP contribution in [0.15, 0.2) is 83.8 Å². The van der Waals surface area contributed by atoms with Crippen molar-refractivity contribution in [2.45, 2.75) is 29.6 Å². The van der Waals surface area contributed by atoms with E-state index in [2.05, 4.69) is 0 Å². The molecule has 0 bridgehead atoms. The van der Waals surface area contributed by atoms with Gasteiger partial charge in [0, 0.05) is 16.6 Å². The van der Waals surface area contributed by atoms with E-state index in [4.69, 9.17) is 0 Å². The predicted octanol–water partition coefficient (Wildman–Crippen LogP) is 3.85. The maximum Gasteiger partial charge on any atom is 0.115 e. The summed E-state index contributed by atoms with van der Waals surface area (Å²) in [6.45, 7) is -0.0512. The van der Waals surface area contributed by atoms with Crippen LogP contribution < -0.4 is 0 Å². The summed E-state index contributed by atoms with van der Waals surface area (Å²) in [5, 5.41) is 40.6. The minimum Gasteiger partial charge on any atom is -0.508 e. The SMILES string of the molecule is OCc1ccc(C(O)C(c2ccccc2)C(O)CSc2ccc(O)cc2)cc1. The van der Waals surface area contributed by atoms with Gasteiger partial charge >= 0.3 is 0 Å². The minimum absolute atomic E-state index is 0.0512. The third kappa shape index (κ3) is 5.14. The second-order valence-corrected chi connectivity index (χ2v) is 7.75. The number of phenolic OH excluding ortho intramolecular Hbond substituents is 1. The van der Waals surface area contributed by atoms with E-state index in [0.717, 1.165) is 16.0 Å². The van der Waals surface area contributed by atoms with Gasteiger partial charge in [0.15, 0.2) is 0 Å². The largest absolute Gasteiger partial charge is 0.508 e. The van der Waals surface area contributed by atoms with Gasteiger partial charge in [-0.2, -0.15) is 0 Å². The molecule has 3 rings (SSSR count). The molecule has 0 spiro atoms. The molecule has 0 aromatic heterocycles. The molecule has 0 aliphatic rings. The first-order valence-electron chi connectivity index (χ1n) is 9.11. The fraction of sp³-hybridized carbons (Fsp3) is 0.217. The Morgan fingerprint density at radius 1 is 0.750 bits per heavy atom. The fourth-order valence-electron chi connectivity index (χ4n) is 3.15. The molecule has 0 aliphatic heterocycles. The van der Waals surface area contributed by atoms with Crippen LogP contribution in [0, 0.1) is 0 Å². The smallest absolute Gasteiger partial charge is 0.115 e. The van der Waals surface area contributed by atoms with Crippen molar-refractivity contribution >= 4 is 11.8 Å². The quantitative estimate of drug-likeness (QED) is 0.435. The molecule has 0 saturated heterocycles. The molecule has 3 atom stereocenters. The maximum atomic E-state index is 11.0. The van der Waals surface area contributed by atoms with Gasteiger partial charge in [-0.25, -0.2) is 0 Å². The van der Waals surface area contributed by atoms with Crippen LogP contribution >= 0.6 is 11.8 Å². The standard InChI is InChI=1S/C23H24O4S/c24-14-16-6-8-18(9-7-16)23(27)22(17-4-2-1-3-5-17)21(26)15-28-20-12-10-19(25)11-13-20/h1-13,21-27H,14-15H2. The van der Waals surface area contributed by atoms with Crippen LogP contribution in [0.1, 0.15) is 28.7 Å². The molecule has 146 valence electrons. The summed E-state index contributed by atoms with van der Waals surface area (Å²) in [6.07, 6.45) is -1.67. The zero-order valence-corrected chi connectivity index (χ0v) is 16.2. The first kappa shape index (κ1) is 20.4. The van der Waals surface area contributed by atoms with E-state index in [1.807, 2.05) is 30.3 Å². The Morgan fingerprint density at radius 2 is 1.39 bits per heavy atom. The van der Waals surface area contributed by atoms with Gasteiger partial charge in [-0.05, 0) is 41.0 Å². The fourth-order valence-corrected chi connectivity index (χ4v) is 4.04. The highest BCUT2D eigenvalue weighted by molar-refractivity contribution is 7.99. The van der Waals surface area contributed by atoms with Crippen molar-refractivity contribution in [3.63, 3.8) is 0 Å². The molecule has 3 unspecified atom stereocenters. The molecular weight excluding hydrogens is 372 g/mol. The van der Waals surface area contributed by atoms with Crippen LogP contribution in [-0.4, -0.2) is 32.3 Å². The third-order valence-corrected chi connectivity index (χ3v) is 5.81. The van der Waals surface area contributed by atoms with Gasteiger partial charge in [0.05, 0.1) is 18.8 Å². The Kier molecular flexibility index (Phi) is 7.12. The molecule has 4 nitrogen and oxygen atoms in total. The zero-order valence-electron chi connectivity index (χ0n) is 15.3. The molecule has 28 heavy (non-hydrogen) atoms. The average Bonchev–Trinajstić information content (AvgIpc) is 2.74. The Labute approximate surface area is 169 Å². The van der Waals surface area contributed by atoms with Gasteiger partial charge in [-0.1, -0.05) is 54.6 Å². The van der Waals surface area contributed by atoms with Crippen LogP contribution in [0.2, 0.25) is 0 Å². The van der Waals surface area contributed by atoms with E-state index in [0.29, 0.717) is 11.3 Å². The summed E-state index contributed by atoms with van der Waals surface area (Å²) in [7, 11) is 0. The number of benzene rings is 3. The predicted molar refractivity (Wildman–Crippen MR) is 111 cm³/mol. The number of rotatable bonds is 8. The molecule has 3 aromatic carbocycles. The summed E-state index contributed by atoms with van der Waals surface area (Å²) in [5.41, 5.74) is 2.33. The highest BCUT2D eigenvalue weighted by Crippen LogP contribution is 2.36. The third-order valence-electron chi connectivity index (χ3n) is 4.70. The summed E-state index contributed by atoms with van der Waals surface area (Å²) in [6, 6.07) is 23.4. The minimum atomic E-state index is -0.884. The van der Waals surface area contributed by atoms with Crippen molar-refractivity contribution in [2.24, 2.45) is 0 Å². The second kappa shape index (κ2) is 9.75. The molecule has 3 aromatic rings. The van der Waals surface area contributed by atoms with Crippen molar-refractivity contribution in [3.8, 4) is 5.75 Å². The Balaban J connectivity index is 1.80.